The first-order valence-electron chi connectivity index (χ1n) is 7.97. The zero-order valence-electron chi connectivity index (χ0n) is 13.3. The maximum absolute atomic E-state index is 12.8. The van der Waals surface area contributed by atoms with Crippen LogP contribution in [0.4, 0.5) is 30.5 Å². The van der Waals surface area contributed by atoms with Gasteiger partial charge in [-0.25, -0.2) is 9.97 Å². The van der Waals surface area contributed by atoms with E-state index in [0.29, 0.717) is 29.2 Å². The zero-order valence-corrected chi connectivity index (χ0v) is 13.3. The summed E-state index contributed by atoms with van der Waals surface area (Å²) in [5, 5.41) is 6.30. The fraction of sp³-hybridized carbons (Fsp3) is 0.412. The Balaban J connectivity index is 1.78. The number of hydrogen-bond acceptors (Lipinski definition) is 4. The van der Waals surface area contributed by atoms with Crippen molar-refractivity contribution in [2.75, 3.05) is 10.6 Å². The Hall–Kier alpha value is -2.31. The van der Waals surface area contributed by atoms with Gasteiger partial charge in [0.2, 0.25) is 0 Å². The Morgan fingerprint density at radius 3 is 2.46 bits per heavy atom. The van der Waals surface area contributed by atoms with Crippen molar-refractivity contribution in [2.45, 2.75) is 44.8 Å². The minimum atomic E-state index is -4.37. The third-order valence-electron chi connectivity index (χ3n) is 4.01. The molecular weight excluding hydrogens is 317 g/mol. The predicted molar refractivity (Wildman–Crippen MR) is 87.4 cm³/mol. The minimum Gasteiger partial charge on any atom is -0.367 e. The van der Waals surface area contributed by atoms with Gasteiger partial charge in [0.25, 0.3) is 0 Å². The Bertz CT molecular complexity index is 709. The van der Waals surface area contributed by atoms with E-state index in [0.717, 1.165) is 25.0 Å². The van der Waals surface area contributed by atoms with Crippen LogP contribution in [0.25, 0.3) is 0 Å². The van der Waals surface area contributed by atoms with E-state index in [-0.39, 0.29) is 0 Å². The molecule has 1 aliphatic rings. The first kappa shape index (κ1) is 16.5. The molecule has 1 saturated carbocycles. The Morgan fingerprint density at radius 2 is 1.75 bits per heavy atom. The molecule has 0 radical (unpaired) electrons. The highest BCUT2D eigenvalue weighted by molar-refractivity contribution is 5.60. The molecule has 7 heteroatoms. The molecule has 1 aromatic heterocycles. The molecule has 1 heterocycles. The van der Waals surface area contributed by atoms with Gasteiger partial charge >= 0.3 is 6.18 Å². The number of hydrogen-bond donors (Lipinski definition) is 2. The number of nitrogens with zero attached hydrogens (tertiary/aromatic N) is 2. The van der Waals surface area contributed by atoms with Gasteiger partial charge in [-0.1, -0.05) is 18.9 Å². The van der Waals surface area contributed by atoms with E-state index < -0.39 is 11.7 Å². The summed E-state index contributed by atoms with van der Waals surface area (Å²) < 4.78 is 38.4. The quantitative estimate of drug-likeness (QED) is 0.833. The number of aryl methyl sites for hydroxylation is 1. The van der Waals surface area contributed by atoms with E-state index in [1.807, 2.05) is 0 Å². The lowest BCUT2D eigenvalue weighted by Gasteiger charge is -2.15. The molecule has 1 aromatic carbocycles. The number of anilines is 3. The summed E-state index contributed by atoms with van der Waals surface area (Å²) in [6.07, 6.45) is 0.265. The Kier molecular flexibility index (Phi) is 4.59. The molecule has 128 valence electrons. The van der Waals surface area contributed by atoms with Gasteiger partial charge in [-0.3, -0.25) is 0 Å². The molecule has 0 atom stereocenters. The number of benzene rings is 1. The van der Waals surface area contributed by atoms with Crippen LogP contribution in [-0.2, 0) is 6.18 Å². The third kappa shape index (κ3) is 4.15. The molecule has 1 aliphatic carbocycles. The maximum atomic E-state index is 12.8. The highest BCUT2D eigenvalue weighted by Crippen LogP contribution is 2.31. The number of nitrogens with one attached hydrogen (secondary N) is 2. The van der Waals surface area contributed by atoms with Gasteiger partial charge in [0.1, 0.15) is 17.5 Å². The van der Waals surface area contributed by atoms with Crippen LogP contribution in [-0.4, -0.2) is 16.0 Å². The molecule has 0 spiro atoms. The second-order valence-electron chi connectivity index (χ2n) is 6.01. The van der Waals surface area contributed by atoms with Crippen molar-refractivity contribution in [1.82, 2.24) is 9.97 Å². The summed E-state index contributed by atoms with van der Waals surface area (Å²) in [4.78, 5) is 8.61. The van der Waals surface area contributed by atoms with Gasteiger partial charge in [-0.15, -0.1) is 0 Å². The highest BCUT2D eigenvalue weighted by atomic mass is 19.4. The molecule has 0 saturated heterocycles. The average molecular weight is 336 g/mol. The van der Waals surface area contributed by atoms with Gasteiger partial charge < -0.3 is 10.6 Å². The van der Waals surface area contributed by atoms with Crippen molar-refractivity contribution < 1.29 is 13.2 Å². The predicted octanol–water partition coefficient (Wildman–Crippen LogP) is 4.90. The molecule has 1 fully saturated rings. The smallest absolute Gasteiger partial charge is 0.367 e. The van der Waals surface area contributed by atoms with Crippen molar-refractivity contribution in [2.24, 2.45) is 0 Å². The molecule has 4 nitrogen and oxygen atoms in total. The van der Waals surface area contributed by atoms with Gasteiger partial charge in [-0.05, 0) is 38.0 Å². The van der Waals surface area contributed by atoms with Gasteiger partial charge in [0.15, 0.2) is 0 Å². The molecule has 0 bridgehead atoms. The Labute approximate surface area is 138 Å². The average Bonchev–Trinajstić information content (AvgIpc) is 2.99. The van der Waals surface area contributed by atoms with Gasteiger partial charge in [-0.2, -0.15) is 13.2 Å². The number of aromatic nitrogens is 2. The lowest BCUT2D eigenvalue weighted by atomic mass is 10.2. The van der Waals surface area contributed by atoms with E-state index in [1.165, 1.54) is 18.9 Å². The van der Waals surface area contributed by atoms with Crippen LogP contribution in [0.1, 0.15) is 37.1 Å². The summed E-state index contributed by atoms with van der Waals surface area (Å²) >= 11 is 0. The van der Waals surface area contributed by atoms with Crippen LogP contribution in [0.3, 0.4) is 0 Å². The first-order valence-corrected chi connectivity index (χ1v) is 7.97. The van der Waals surface area contributed by atoms with E-state index >= 15 is 0 Å². The molecule has 0 amide bonds. The SMILES string of the molecule is Cc1nc(Nc2cccc(C(F)(F)F)c2)cc(NC2CCCC2)n1. The summed E-state index contributed by atoms with van der Waals surface area (Å²) in [6, 6.07) is 7.20. The topological polar surface area (TPSA) is 49.8 Å². The molecular formula is C17H19F3N4. The Morgan fingerprint density at radius 1 is 1.04 bits per heavy atom. The molecule has 0 aliphatic heterocycles. The highest BCUT2D eigenvalue weighted by Gasteiger charge is 2.30. The molecule has 2 aromatic rings. The van der Waals surface area contributed by atoms with Crippen LogP contribution < -0.4 is 10.6 Å². The zero-order chi connectivity index (χ0) is 17.2. The molecule has 0 unspecified atom stereocenters. The lowest BCUT2D eigenvalue weighted by Crippen LogP contribution is -2.16. The van der Waals surface area contributed by atoms with Crippen LogP contribution in [0.2, 0.25) is 0 Å². The second kappa shape index (κ2) is 6.67. The van der Waals surface area contributed by atoms with Crippen molar-refractivity contribution in [1.29, 1.82) is 0 Å². The van der Waals surface area contributed by atoms with Crippen LogP contribution in [0.15, 0.2) is 30.3 Å². The van der Waals surface area contributed by atoms with E-state index in [9.17, 15) is 13.2 Å². The molecule has 3 rings (SSSR count). The fourth-order valence-corrected chi connectivity index (χ4v) is 2.91. The number of rotatable bonds is 4. The van der Waals surface area contributed by atoms with Crippen LogP contribution in [0.5, 0.6) is 0 Å². The maximum Gasteiger partial charge on any atom is 0.416 e. The van der Waals surface area contributed by atoms with Crippen molar-refractivity contribution in [3.8, 4) is 0 Å². The summed E-state index contributed by atoms with van der Waals surface area (Å²) in [5.74, 6) is 1.73. The fourth-order valence-electron chi connectivity index (χ4n) is 2.91. The normalized spacial score (nSPS) is 15.5. The van der Waals surface area contributed by atoms with Crippen LogP contribution in [0, 0.1) is 6.92 Å². The standard InChI is InChI=1S/C17H19F3N4/c1-11-21-15(23-13-6-2-3-7-13)10-16(22-11)24-14-8-4-5-12(9-14)17(18,19)20/h4-5,8-10,13H,2-3,6-7H2,1H3,(H2,21,22,23,24). The lowest BCUT2D eigenvalue weighted by molar-refractivity contribution is -0.137. The van der Waals surface area contributed by atoms with Gasteiger partial charge in [0.05, 0.1) is 5.56 Å². The van der Waals surface area contributed by atoms with Crippen molar-refractivity contribution in [3.63, 3.8) is 0 Å². The van der Waals surface area contributed by atoms with E-state index in [4.69, 9.17) is 0 Å². The van der Waals surface area contributed by atoms with E-state index in [1.54, 1.807) is 19.1 Å². The molecule has 2 N–H and O–H groups in total. The summed E-state index contributed by atoms with van der Waals surface area (Å²) in [6.45, 7) is 1.76. The number of halogens is 3. The monoisotopic (exact) mass is 336 g/mol. The van der Waals surface area contributed by atoms with Crippen molar-refractivity contribution in [3.05, 3.63) is 41.7 Å². The summed E-state index contributed by atoms with van der Waals surface area (Å²) in [5.41, 5.74) is -0.350. The van der Waals surface area contributed by atoms with Crippen LogP contribution >= 0.6 is 0 Å². The van der Waals surface area contributed by atoms with E-state index in [2.05, 4.69) is 20.6 Å². The largest absolute Gasteiger partial charge is 0.416 e. The molecule has 24 heavy (non-hydrogen) atoms. The van der Waals surface area contributed by atoms with Gasteiger partial charge in [0, 0.05) is 17.8 Å². The summed E-state index contributed by atoms with van der Waals surface area (Å²) in [7, 11) is 0. The first-order chi connectivity index (χ1) is 11.4. The second-order valence-corrected chi connectivity index (χ2v) is 6.01. The third-order valence-corrected chi connectivity index (χ3v) is 4.01. The number of alkyl halides is 3. The minimum absolute atomic E-state index is 0.342. The van der Waals surface area contributed by atoms with Crippen molar-refractivity contribution >= 4 is 17.3 Å².